The van der Waals surface area contributed by atoms with E-state index < -0.39 is 0 Å². The minimum absolute atomic E-state index is 0.664. The molecule has 0 radical (unpaired) electrons. The molecule has 2 aromatic carbocycles. The fourth-order valence-corrected chi connectivity index (χ4v) is 4.06. The first-order chi connectivity index (χ1) is 9.93. The van der Waals surface area contributed by atoms with Crippen molar-refractivity contribution in [3.63, 3.8) is 0 Å². The summed E-state index contributed by atoms with van der Waals surface area (Å²) in [5.74, 6) is 1.36. The van der Waals surface area contributed by atoms with Crippen LogP contribution in [0.15, 0.2) is 54.6 Å². The van der Waals surface area contributed by atoms with Crippen molar-refractivity contribution in [1.29, 1.82) is 0 Å². The Hall–Kier alpha value is -1.82. The van der Waals surface area contributed by atoms with E-state index in [2.05, 4.69) is 60.7 Å². The van der Waals surface area contributed by atoms with Crippen molar-refractivity contribution in [2.24, 2.45) is 0 Å². The molecule has 20 heavy (non-hydrogen) atoms. The van der Waals surface area contributed by atoms with E-state index in [1.54, 1.807) is 16.7 Å². The van der Waals surface area contributed by atoms with Crippen molar-refractivity contribution in [3.05, 3.63) is 76.9 Å². The lowest BCUT2D eigenvalue weighted by Gasteiger charge is -2.34. The van der Waals surface area contributed by atoms with Gasteiger partial charge in [0.15, 0.2) is 0 Å². The molecule has 0 heteroatoms. The van der Waals surface area contributed by atoms with Crippen molar-refractivity contribution in [3.8, 4) is 0 Å². The quantitative estimate of drug-likeness (QED) is 0.652. The van der Waals surface area contributed by atoms with E-state index in [9.17, 15) is 0 Å². The summed E-state index contributed by atoms with van der Waals surface area (Å²) in [7, 11) is 0. The average Bonchev–Trinajstić information content (AvgIpc) is 2.54. The molecule has 0 spiro atoms. The lowest BCUT2D eigenvalue weighted by molar-refractivity contribution is 0.465. The van der Waals surface area contributed by atoms with E-state index in [0.29, 0.717) is 11.8 Å². The van der Waals surface area contributed by atoms with Crippen LogP contribution >= 0.6 is 0 Å². The van der Waals surface area contributed by atoms with Gasteiger partial charge in [-0.25, -0.2) is 0 Å². The SMILES string of the molecule is C1=Cc2ccccc2C(C2CCCc3ccccc32)C1. The second-order valence-corrected chi connectivity index (χ2v) is 6.07. The van der Waals surface area contributed by atoms with Crippen molar-refractivity contribution >= 4 is 6.08 Å². The molecule has 2 aliphatic carbocycles. The molecule has 0 aliphatic heterocycles. The maximum absolute atomic E-state index is 2.37. The minimum atomic E-state index is 0.664. The molecular weight excluding hydrogens is 240 g/mol. The summed E-state index contributed by atoms with van der Waals surface area (Å²) in [5, 5.41) is 0. The first-order valence-corrected chi connectivity index (χ1v) is 7.77. The summed E-state index contributed by atoms with van der Waals surface area (Å²) in [6.45, 7) is 0. The number of aryl methyl sites for hydroxylation is 1. The van der Waals surface area contributed by atoms with Gasteiger partial charge in [-0.3, -0.25) is 0 Å². The van der Waals surface area contributed by atoms with Gasteiger partial charge in [-0.2, -0.15) is 0 Å². The second-order valence-electron chi connectivity index (χ2n) is 6.07. The van der Waals surface area contributed by atoms with E-state index in [-0.39, 0.29) is 0 Å². The zero-order chi connectivity index (χ0) is 13.4. The first kappa shape index (κ1) is 12.0. The van der Waals surface area contributed by atoms with Gasteiger partial charge in [0.05, 0.1) is 0 Å². The third kappa shape index (κ3) is 1.91. The third-order valence-corrected chi connectivity index (χ3v) is 4.98. The van der Waals surface area contributed by atoms with Gasteiger partial charge in [-0.05, 0) is 59.8 Å². The molecular formula is C20H20. The van der Waals surface area contributed by atoms with Crippen LogP contribution in [0.5, 0.6) is 0 Å². The Morgan fingerprint density at radius 3 is 2.55 bits per heavy atom. The van der Waals surface area contributed by atoms with E-state index >= 15 is 0 Å². The van der Waals surface area contributed by atoms with E-state index in [1.807, 2.05) is 0 Å². The van der Waals surface area contributed by atoms with Crippen LogP contribution in [-0.4, -0.2) is 0 Å². The topological polar surface area (TPSA) is 0 Å². The smallest absolute Gasteiger partial charge is 0.00524 e. The summed E-state index contributed by atoms with van der Waals surface area (Å²) < 4.78 is 0. The van der Waals surface area contributed by atoms with Crippen molar-refractivity contribution in [2.45, 2.75) is 37.5 Å². The van der Waals surface area contributed by atoms with Crippen LogP contribution in [0, 0.1) is 0 Å². The molecule has 2 aromatic rings. The maximum atomic E-state index is 2.37. The normalized spacial score (nSPS) is 24.0. The summed E-state index contributed by atoms with van der Waals surface area (Å²) in [4.78, 5) is 0. The van der Waals surface area contributed by atoms with E-state index in [1.165, 1.54) is 31.2 Å². The monoisotopic (exact) mass is 260 g/mol. The lowest BCUT2D eigenvalue weighted by Crippen LogP contribution is -2.19. The van der Waals surface area contributed by atoms with Gasteiger partial charge >= 0.3 is 0 Å². The molecule has 100 valence electrons. The molecule has 2 aliphatic rings. The Balaban J connectivity index is 1.78. The van der Waals surface area contributed by atoms with Crippen LogP contribution in [0.25, 0.3) is 6.08 Å². The van der Waals surface area contributed by atoms with E-state index in [4.69, 9.17) is 0 Å². The Morgan fingerprint density at radius 1 is 0.800 bits per heavy atom. The number of hydrogen-bond donors (Lipinski definition) is 0. The molecule has 0 heterocycles. The highest BCUT2D eigenvalue weighted by Gasteiger charge is 2.30. The Bertz CT molecular complexity index is 651. The zero-order valence-corrected chi connectivity index (χ0v) is 11.8. The van der Waals surface area contributed by atoms with Gasteiger partial charge in [0.25, 0.3) is 0 Å². The maximum Gasteiger partial charge on any atom is -0.00524 e. The highest BCUT2D eigenvalue weighted by atomic mass is 14.3. The van der Waals surface area contributed by atoms with Crippen molar-refractivity contribution in [1.82, 2.24) is 0 Å². The number of fused-ring (bicyclic) bond motifs is 2. The second kappa shape index (κ2) is 4.94. The van der Waals surface area contributed by atoms with Crippen LogP contribution in [0.2, 0.25) is 0 Å². The summed E-state index contributed by atoms with van der Waals surface area (Å²) in [5.41, 5.74) is 6.16. The average molecular weight is 260 g/mol. The number of allylic oxidation sites excluding steroid dienone is 1. The van der Waals surface area contributed by atoms with Crippen LogP contribution in [-0.2, 0) is 6.42 Å². The Morgan fingerprint density at radius 2 is 1.60 bits per heavy atom. The molecule has 0 bridgehead atoms. The van der Waals surface area contributed by atoms with Gasteiger partial charge in [0, 0.05) is 0 Å². The van der Waals surface area contributed by atoms with Gasteiger partial charge in [0.2, 0.25) is 0 Å². The highest BCUT2D eigenvalue weighted by Crippen LogP contribution is 2.45. The van der Waals surface area contributed by atoms with Gasteiger partial charge in [-0.15, -0.1) is 0 Å². The summed E-state index contributed by atoms with van der Waals surface area (Å²) in [6.07, 6.45) is 9.78. The molecule has 0 N–H and O–H groups in total. The summed E-state index contributed by atoms with van der Waals surface area (Å²) in [6, 6.07) is 18.0. The van der Waals surface area contributed by atoms with Crippen LogP contribution in [0.1, 0.15) is 53.4 Å². The molecule has 0 saturated carbocycles. The van der Waals surface area contributed by atoms with E-state index in [0.717, 1.165) is 0 Å². The zero-order valence-electron chi connectivity index (χ0n) is 11.8. The predicted octanol–water partition coefficient (Wildman–Crippen LogP) is 5.31. The molecule has 4 rings (SSSR count). The molecule has 0 amide bonds. The summed E-state index contributed by atoms with van der Waals surface area (Å²) >= 11 is 0. The standard InChI is InChI=1S/C20H20/c1-3-11-17-15(7-1)9-5-13-19(17)20-14-6-10-16-8-2-4-12-18(16)20/h1-5,7-9,11-12,19-20H,6,10,13-14H2. The molecule has 0 nitrogen and oxygen atoms in total. The largest absolute Gasteiger partial charge is 0.0833 e. The van der Waals surface area contributed by atoms with Crippen molar-refractivity contribution < 1.29 is 0 Å². The predicted molar refractivity (Wildman–Crippen MR) is 85.0 cm³/mol. The number of benzene rings is 2. The number of hydrogen-bond acceptors (Lipinski definition) is 0. The lowest BCUT2D eigenvalue weighted by atomic mass is 9.70. The van der Waals surface area contributed by atoms with Gasteiger partial charge < -0.3 is 0 Å². The molecule has 0 saturated heterocycles. The van der Waals surface area contributed by atoms with Gasteiger partial charge in [-0.1, -0.05) is 60.7 Å². The molecule has 2 atom stereocenters. The Labute approximate surface area is 121 Å². The third-order valence-electron chi connectivity index (χ3n) is 4.98. The first-order valence-electron chi connectivity index (χ1n) is 7.77. The minimum Gasteiger partial charge on any atom is -0.0833 e. The highest BCUT2D eigenvalue weighted by molar-refractivity contribution is 5.58. The van der Waals surface area contributed by atoms with Crippen molar-refractivity contribution in [2.75, 3.05) is 0 Å². The number of rotatable bonds is 1. The van der Waals surface area contributed by atoms with Crippen LogP contribution in [0.4, 0.5) is 0 Å². The molecule has 2 unspecified atom stereocenters. The fourth-order valence-electron chi connectivity index (χ4n) is 4.06. The van der Waals surface area contributed by atoms with Gasteiger partial charge in [0.1, 0.15) is 0 Å². The fraction of sp³-hybridized carbons (Fsp3) is 0.300. The molecule has 0 fully saturated rings. The molecule has 0 aromatic heterocycles. The Kier molecular flexibility index (Phi) is 2.95. The van der Waals surface area contributed by atoms with Crippen LogP contribution < -0.4 is 0 Å². The van der Waals surface area contributed by atoms with Crippen LogP contribution in [0.3, 0.4) is 0 Å².